The van der Waals surface area contributed by atoms with Gasteiger partial charge in [0.1, 0.15) is 5.82 Å². The van der Waals surface area contributed by atoms with E-state index >= 15 is 0 Å². The summed E-state index contributed by atoms with van der Waals surface area (Å²) in [6.07, 6.45) is 11.5. The van der Waals surface area contributed by atoms with Crippen LogP contribution in [0.3, 0.4) is 0 Å². The van der Waals surface area contributed by atoms with Crippen molar-refractivity contribution in [2.45, 2.75) is 51.4 Å². The number of aryl methyl sites for hydroxylation is 1. The Morgan fingerprint density at radius 3 is 2.15 bits per heavy atom. The SMILES string of the molecule is C=CCCC1CCC(CCc2ccc(C#Cc3ccc4cc(F)c(F)cc4c3)c(F)c2)CC1. The smallest absolute Gasteiger partial charge is 0.159 e. The van der Waals surface area contributed by atoms with E-state index < -0.39 is 11.6 Å². The number of halogens is 3. The van der Waals surface area contributed by atoms with E-state index in [2.05, 4.69) is 18.4 Å². The van der Waals surface area contributed by atoms with E-state index in [-0.39, 0.29) is 5.82 Å². The molecule has 1 saturated carbocycles. The normalized spacial score (nSPS) is 18.0. The first-order valence-electron chi connectivity index (χ1n) is 11.8. The molecular formula is C30H29F3. The highest BCUT2D eigenvalue weighted by Crippen LogP contribution is 2.34. The molecule has 0 bridgehead atoms. The number of benzene rings is 3. The summed E-state index contributed by atoms with van der Waals surface area (Å²) < 4.78 is 41.5. The third kappa shape index (κ3) is 6.08. The van der Waals surface area contributed by atoms with Crippen molar-refractivity contribution in [1.82, 2.24) is 0 Å². The topological polar surface area (TPSA) is 0 Å². The molecule has 0 atom stereocenters. The summed E-state index contributed by atoms with van der Waals surface area (Å²) in [4.78, 5) is 0. The van der Waals surface area contributed by atoms with Crippen molar-refractivity contribution in [3.63, 3.8) is 0 Å². The van der Waals surface area contributed by atoms with Gasteiger partial charge in [0.05, 0.1) is 5.56 Å². The number of hydrogen-bond acceptors (Lipinski definition) is 0. The lowest BCUT2D eigenvalue weighted by atomic mass is 9.78. The summed E-state index contributed by atoms with van der Waals surface area (Å²) in [5, 5.41) is 1.16. The molecule has 0 heterocycles. The molecule has 0 nitrogen and oxygen atoms in total. The summed E-state index contributed by atoms with van der Waals surface area (Å²) in [6, 6.07) is 12.7. The fourth-order valence-corrected chi connectivity index (χ4v) is 4.81. The Morgan fingerprint density at radius 1 is 0.758 bits per heavy atom. The zero-order valence-electron chi connectivity index (χ0n) is 18.8. The predicted molar refractivity (Wildman–Crippen MR) is 129 cm³/mol. The third-order valence-corrected chi connectivity index (χ3v) is 6.84. The minimum atomic E-state index is -0.894. The van der Waals surface area contributed by atoms with Crippen LogP contribution in [0.15, 0.2) is 61.2 Å². The summed E-state index contributed by atoms with van der Waals surface area (Å²) in [7, 11) is 0. The first kappa shape index (κ1) is 23.2. The molecule has 3 aromatic carbocycles. The average Bonchev–Trinajstić information content (AvgIpc) is 2.82. The van der Waals surface area contributed by atoms with Crippen LogP contribution < -0.4 is 0 Å². The Morgan fingerprint density at radius 2 is 1.45 bits per heavy atom. The highest BCUT2D eigenvalue weighted by molar-refractivity contribution is 5.84. The largest absolute Gasteiger partial charge is 0.206 e. The Kier molecular flexibility index (Phi) is 7.55. The van der Waals surface area contributed by atoms with E-state index in [1.807, 2.05) is 12.1 Å². The van der Waals surface area contributed by atoms with Crippen molar-refractivity contribution in [2.75, 3.05) is 0 Å². The maximum Gasteiger partial charge on any atom is 0.159 e. The zero-order valence-corrected chi connectivity index (χ0v) is 18.8. The van der Waals surface area contributed by atoms with Crippen molar-refractivity contribution in [3.8, 4) is 11.8 Å². The lowest BCUT2D eigenvalue weighted by Gasteiger charge is -2.28. The predicted octanol–water partition coefficient (Wildman–Crippen LogP) is 8.36. The summed E-state index contributed by atoms with van der Waals surface area (Å²) in [5.74, 6) is 5.31. The van der Waals surface area contributed by atoms with Crippen LogP contribution in [0.1, 0.15) is 61.6 Å². The molecule has 4 rings (SSSR count). The van der Waals surface area contributed by atoms with Gasteiger partial charge in [0.25, 0.3) is 0 Å². The van der Waals surface area contributed by atoms with E-state index in [4.69, 9.17) is 0 Å². The first-order chi connectivity index (χ1) is 16.0. The fourth-order valence-electron chi connectivity index (χ4n) is 4.81. The molecule has 0 spiro atoms. The van der Waals surface area contributed by atoms with Crippen molar-refractivity contribution >= 4 is 10.8 Å². The number of allylic oxidation sites excluding steroid dienone is 1. The molecule has 170 valence electrons. The van der Waals surface area contributed by atoms with Gasteiger partial charge in [-0.3, -0.25) is 0 Å². The highest BCUT2D eigenvalue weighted by atomic mass is 19.2. The van der Waals surface area contributed by atoms with Gasteiger partial charge in [-0.1, -0.05) is 55.7 Å². The number of rotatable bonds is 6. The molecule has 3 aromatic rings. The van der Waals surface area contributed by atoms with E-state index in [9.17, 15) is 13.2 Å². The molecule has 0 amide bonds. The molecule has 1 fully saturated rings. The Balaban J connectivity index is 1.36. The van der Waals surface area contributed by atoms with Crippen molar-refractivity contribution < 1.29 is 13.2 Å². The quantitative estimate of drug-likeness (QED) is 0.264. The lowest BCUT2D eigenvalue weighted by molar-refractivity contribution is 0.254. The van der Waals surface area contributed by atoms with Crippen LogP contribution in [0.25, 0.3) is 10.8 Å². The maximum absolute atomic E-state index is 14.6. The maximum atomic E-state index is 14.6. The van der Waals surface area contributed by atoms with Gasteiger partial charge in [0, 0.05) is 5.56 Å². The van der Waals surface area contributed by atoms with E-state index in [0.29, 0.717) is 21.9 Å². The van der Waals surface area contributed by atoms with Crippen molar-refractivity contribution in [2.24, 2.45) is 11.8 Å². The average molecular weight is 447 g/mol. The molecule has 0 radical (unpaired) electrons. The zero-order chi connectivity index (χ0) is 23.2. The second-order valence-electron chi connectivity index (χ2n) is 9.18. The van der Waals surface area contributed by atoms with E-state index in [1.54, 1.807) is 30.3 Å². The molecule has 1 aliphatic rings. The lowest BCUT2D eigenvalue weighted by Crippen LogP contribution is -2.15. The van der Waals surface area contributed by atoms with E-state index in [0.717, 1.165) is 48.8 Å². The second-order valence-corrected chi connectivity index (χ2v) is 9.18. The van der Waals surface area contributed by atoms with Gasteiger partial charge < -0.3 is 0 Å². The van der Waals surface area contributed by atoms with Crippen LogP contribution in [-0.2, 0) is 6.42 Å². The molecule has 0 unspecified atom stereocenters. The molecule has 33 heavy (non-hydrogen) atoms. The van der Waals surface area contributed by atoms with Gasteiger partial charge >= 0.3 is 0 Å². The molecule has 0 N–H and O–H groups in total. The summed E-state index contributed by atoms with van der Waals surface area (Å²) >= 11 is 0. The fraction of sp³-hybridized carbons (Fsp3) is 0.333. The van der Waals surface area contributed by atoms with Crippen LogP contribution in [0.5, 0.6) is 0 Å². The molecule has 1 aliphatic carbocycles. The van der Waals surface area contributed by atoms with Crippen LogP contribution in [-0.4, -0.2) is 0 Å². The van der Waals surface area contributed by atoms with Crippen LogP contribution >= 0.6 is 0 Å². The second kappa shape index (κ2) is 10.8. The first-order valence-corrected chi connectivity index (χ1v) is 11.8. The molecule has 3 heteroatoms. The number of fused-ring (bicyclic) bond motifs is 1. The third-order valence-electron chi connectivity index (χ3n) is 6.84. The van der Waals surface area contributed by atoms with Gasteiger partial charge in [-0.15, -0.1) is 6.58 Å². The minimum absolute atomic E-state index is 0.318. The summed E-state index contributed by atoms with van der Waals surface area (Å²) in [6.45, 7) is 3.82. The Labute approximate surface area is 194 Å². The van der Waals surface area contributed by atoms with Crippen molar-refractivity contribution in [1.29, 1.82) is 0 Å². The van der Waals surface area contributed by atoms with Gasteiger partial charge in [0.2, 0.25) is 0 Å². The van der Waals surface area contributed by atoms with E-state index in [1.165, 1.54) is 32.1 Å². The van der Waals surface area contributed by atoms with Gasteiger partial charge in [-0.05, 0) is 90.3 Å². The summed E-state index contributed by atoms with van der Waals surface area (Å²) in [5.41, 5.74) is 1.97. The minimum Gasteiger partial charge on any atom is -0.206 e. The number of hydrogen-bond donors (Lipinski definition) is 0. The standard InChI is InChI=1S/C30H29F3/c1-2-3-4-21-5-7-22(8-6-21)9-10-24-12-15-25(28(31)18-24)14-11-23-13-16-26-19-29(32)30(33)20-27(26)17-23/h2,12-13,15-22H,1,3-10H2. The molecule has 0 aliphatic heterocycles. The van der Waals surface area contributed by atoms with Crippen LogP contribution in [0.4, 0.5) is 13.2 Å². The van der Waals surface area contributed by atoms with Gasteiger partial charge in [0.15, 0.2) is 11.6 Å². The Bertz CT molecular complexity index is 1190. The molecule has 0 aromatic heterocycles. The molecular weight excluding hydrogens is 417 g/mol. The van der Waals surface area contributed by atoms with Gasteiger partial charge in [-0.25, -0.2) is 13.2 Å². The highest BCUT2D eigenvalue weighted by Gasteiger charge is 2.20. The Hall–Kier alpha value is -2.99. The van der Waals surface area contributed by atoms with Gasteiger partial charge in [-0.2, -0.15) is 0 Å². The van der Waals surface area contributed by atoms with Crippen molar-refractivity contribution in [3.05, 3.63) is 95.3 Å². The molecule has 0 saturated heterocycles. The monoisotopic (exact) mass is 446 g/mol. The van der Waals surface area contributed by atoms with Crippen LogP contribution in [0.2, 0.25) is 0 Å². The van der Waals surface area contributed by atoms with Crippen LogP contribution in [0, 0.1) is 41.1 Å².